The molecule has 0 bridgehead atoms. The molecule has 166 valence electrons. The van der Waals surface area contributed by atoms with Crippen molar-refractivity contribution in [3.8, 4) is 5.75 Å². The van der Waals surface area contributed by atoms with E-state index in [4.69, 9.17) is 4.74 Å². The number of carbonyl (C=O) groups excluding carboxylic acids is 1. The number of hydrogen-bond donors (Lipinski definition) is 1. The van der Waals surface area contributed by atoms with Crippen molar-refractivity contribution in [3.05, 3.63) is 48.0 Å². The molecular formula is C23H29N3O4S. The fourth-order valence-corrected chi connectivity index (χ4v) is 5.23. The molecule has 0 saturated carbocycles. The van der Waals surface area contributed by atoms with Crippen molar-refractivity contribution in [1.29, 1.82) is 0 Å². The molecule has 31 heavy (non-hydrogen) atoms. The van der Waals surface area contributed by atoms with E-state index in [-0.39, 0.29) is 17.3 Å². The van der Waals surface area contributed by atoms with Gasteiger partial charge in [0.25, 0.3) is 0 Å². The minimum Gasteiger partial charge on any atom is -0.495 e. The smallest absolute Gasteiger partial charge is 0.240 e. The van der Waals surface area contributed by atoms with Gasteiger partial charge >= 0.3 is 0 Å². The number of piperidine rings is 1. The van der Waals surface area contributed by atoms with E-state index in [9.17, 15) is 13.2 Å². The van der Waals surface area contributed by atoms with Gasteiger partial charge in [0.05, 0.1) is 17.7 Å². The molecule has 2 fully saturated rings. The molecule has 0 spiro atoms. The second-order valence-corrected chi connectivity index (χ2v) is 9.79. The number of nitrogens with one attached hydrogen (secondary N) is 1. The van der Waals surface area contributed by atoms with Crippen LogP contribution in [0.15, 0.2) is 47.4 Å². The van der Waals surface area contributed by atoms with Crippen LogP contribution in [0.2, 0.25) is 0 Å². The molecule has 0 aliphatic carbocycles. The van der Waals surface area contributed by atoms with E-state index in [1.165, 1.54) is 44.2 Å². The first kappa shape index (κ1) is 21.6. The van der Waals surface area contributed by atoms with Crippen LogP contribution in [0.3, 0.4) is 0 Å². The van der Waals surface area contributed by atoms with Crippen molar-refractivity contribution >= 4 is 27.3 Å². The predicted octanol–water partition coefficient (Wildman–Crippen LogP) is 3.29. The first-order valence-electron chi connectivity index (χ1n) is 10.8. The molecule has 2 aliphatic rings. The summed E-state index contributed by atoms with van der Waals surface area (Å²) < 4.78 is 33.8. The quantitative estimate of drug-likeness (QED) is 0.710. The van der Waals surface area contributed by atoms with Gasteiger partial charge in [-0.05, 0) is 61.6 Å². The number of sulfonamides is 1. The molecule has 2 aromatic rings. The van der Waals surface area contributed by atoms with Gasteiger partial charge in [-0.3, -0.25) is 4.79 Å². The van der Waals surface area contributed by atoms with Crippen LogP contribution in [-0.4, -0.2) is 41.1 Å². The van der Waals surface area contributed by atoms with Gasteiger partial charge in [0.1, 0.15) is 5.75 Å². The minimum atomic E-state index is -3.74. The van der Waals surface area contributed by atoms with Crippen molar-refractivity contribution < 1.29 is 17.9 Å². The van der Waals surface area contributed by atoms with Gasteiger partial charge < -0.3 is 14.5 Å². The average Bonchev–Trinajstić information content (AvgIpc) is 3.24. The van der Waals surface area contributed by atoms with Crippen LogP contribution in [0, 0.1) is 0 Å². The van der Waals surface area contributed by atoms with Crippen LogP contribution in [0.25, 0.3) is 0 Å². The minimum absolute atomic E-state index is 0.0189. The van der Waals surface area contributed by atoms with Crippen molar-refractivity contribution in [2.45, 2.75) is 43.5 Å². The van der Waals surface area contributed by atoms with E-state index in [1.54, 1.807) is 11.0 Å². The summed E-state index contributed by atoms with van der Waals surface area (Å²) in [5, 5.41) is 0. The van der Waals surface area contributed by atoms with Gasteiger partial charge in [0.2, 0.25) is 15.9 Å². The molecule has 1 N–H and O–H groups in total. The normalized spacial score (nSPS) is 17.3. The lowest BCUT2D eigenvalue weighted by molar-refractivity contribution is -0.117. The fourth-order valence-electron chi connectivity index (χ4n) is 4.19. The number of nitrogens with zero attached hydrogens (tertiary/aromatic N) is 2. The van der Waals surface area contributed by atoms with Crippen LogP contribution >= 0.6 is 0 Å². The number of ether oxygens (including phenoxy) is 1. The number of carbonyl (C=O) groups is 1. The number of anilines is 2. The van der Waals surface area contributed by atoms with Gasteiger partial charge in [0.15, 0.2) is 0 Å². The second kappa shape index (κ2) is 9.28. The molecule has 2 aromatic carbocycles. The Labute approximate surface area is 184 Å². The summed E-state index contributed by atoms with van der Waals surface area (Å²) in [4.78, 5) is 16.2. The summed E-state index contributed by atoms with van der Waals surface area (Å²) in [6, 6.07) is 12.7. The number of hydrogen-bond acceptors (Lipinski definition) is 5. The van der Waals surface area contributed by atoms with Crippen molar-refractivity contribution in [1.82, 2.24) is 4.72 Å². The van der Waals surface area contributed by atoms with Crippen LogP contribution in [-0.2, 0) is 21.4 Å². The Kier molecular flexibility index (Phi) is 6.48. The van der Waals surface area contributed by atoms with Gasteiger partial charge in [0, 0.05) is 38.3 Å². The summed E-state index contributed by atoms with van der Waals surface area (Å²) in [7, 11) is -2.22. The highest BCUT2D eigenvalue weighted by molar-refractivity contribution is 7.89. The largest absolute Gasteiger partial charge is 0.495 e. The standard InChI is InChI=1S/C23H29N3O4S/c1-30-22-12-11-20(16-21(22)26-15-5-6-23(26)27)31(28,29)24-17-18-7-9-19(10-8-18)25-13-3-2-4-14-25/h7-12,16,24H,2-6,13-15,17H2,1H3. The first-order valence-corrected chi connectivity index (χ1v) is 12.3. The summed E-state index contributed by atoms with van der Waals surface area (Å²) in [6.45, 7) is 2.92. The van der Waals surface area contributed by atoms with Gasteiger partial charge in [-0.15, -0.1) is 0 Å². The Morgan fingerprint density at radius 2 is 1.71 bits per heavy atom. The Morgan fingerprint density at radius 1 is 0.968 bits per heavy atom. The first-order chi connectivity index (χ1) is 15.0. The fraction of sp³-hybridized carbons (Fsp3) is 0.435. The third-order valence-corrected chi connectivity index (χ3v) is 7.35. The molecular weight excluding hydrogens is 414 g/mol. The molecule has 2 heterocycles. The lowest BCUT2D eigenvalue weighted by Gasteiger charge is -2.28. The Bertz CT molecular complexity index is 1030. The molecule has 1 amide bonds. The van der Waals surface area contributed by atoms with E-state index in [0.29, 0.717) is 24.4 Å². The third kappa shape index (κ3) is 4.85. The van der Waals surface area contributed by atoms with E-state index in [1.807, 2.05) is 12.1 Å². The highest BCUT2D eigenvalue weighted by Crippen LogP contribution is 2.33. The number of amides is 1. The molecule has 0 aromatic heterocycles. The lowest BCUT2D eigenvalue weighted by atomic mass is 10.1. The van der Waals surface area contributed by atoms with E-state index < -0.39 is 10.0 Å². The Hall–Kier alpha value is -2.58. The van der Waals surface area contributed by atoms with E-state index in [0.717, 1.165) is 25.1 Å². The van der Waals surface area contributed by atoms with Gasteiger partial charge in [-0.2, -0.15) is 0 Å². The SMILES string of the molecule is COc1ccc(S(=O)(=O)NCc2ccc(N3CCCCC3)cc2)cc1N1CCCC1=O. The zero-order valence-corrected chi connectivity index (χ0v) is 18.7. The highest BCUT2D eigenvalue weighted by atomic mass is 32.2. The predicted molar refractivity (Wildman–Crippen MR) is 121 cm³/mol. The maximum absolute atomic E-state index is 12.9. The summed E-state index contributed by atoms with van der Waals surface area (Å²) in [6.07, 6.45) is 4.94. The number of methoxy groups -OCH3 is 1. The monoisotopic (exact) mass is 443 g/mol. The van der Waals surface area contributed by atoms with Crippen LogP contribution in [0.5, 0.6) is 5.75 Å². The zero-order chi connectivity index (χ0) is 21.8. The summed E-state index contributed by atoms with van der Waals surface area (Å²) in [5.41, 5.74) is 2.58. The number of rotatable bonds is 7. The third-order valence-electron chi connectivity index (χ3n) is 5.95. The molecule has 2 saturated heterocycles. The average molecular weight is 444 g/mol. The van der Waals surface area contributed by atoms with Crippen LogP contribution in [0.1, 0.15) is 37.7 Å². The Morgan fingerprint density at radius 3 is 2.35 bits per heavy atom. The lowest BCUT2D eigenvalue weighted by Crippen LogP contribution is -2.29. The molecule has 0 atom stereocenters. The van der Waals surface area contributed by atoms with Crippen LogP contribution in [0.4, 0.5) is 11.4 Å². The molecule has 0 radical (unpaired) electrons. The van der Waals surface area contributed by atoms with Gasteiger partial charge in [-0.25, -0.2) is 13.1 Å². The number of benzene rings is 2. The maximum Gasteiger partial charge on any atom is 0.240 e. The summed E-state index contributed by atoms with van der Waals surface area (Å²) in [5.74, 6) is 0.470. The topological polar surface area (TPSA) is 79.0 Å². The molecule has 7 nitrogen and oxygen atoms in total. The second-order valence-electron chi connectivity index (χ2n) is 8.02. The van der Waals surface area contributed by atoms with Crippen molar-refractivity contribution in [2.24, 2.45) is 0 Å². The highest BCUT2D eigenvalue weighted by Gasteiger charge is 2.26. The summed E-state index contributed by atoms with van der Waals surface area (Å²) >= 11 is 0. The van der Waals surface area contributed by atoms with Gasteiger partial charge in [-0.1, -0.05) is 12.1 Å². The molecule has 8 heteroatoms. The van der Waals surface area contributed by atoms with E-state index in [2.05, 4.69) is 21.8 Å². The van der Waals surface area contributed by atoms with Crippen molar-refractivity contribution in [2.75, 3.05) is 36.5 Å². The zero-order valence-electron chi connectivity index (χ0n) is 17.8. The maximum atomic E-state index is 12.9. The Balaban J connectivity index is 1.47. The van der Waals surface area contributed by atoms with Crippen molar-refractivity contribution in [3.63, 3.8) is 0 Å². The van der Waals surface area contributed by atoms with E-state index >= 15 is 0 Å². The van der Waals surface area contributed by atoms with Crippen LogP contribution < -0.4 is 19.3 Å². The molecule has 0 unspecified atom stereocenters. The molecule has 4 rings (SSSR count). The molecule has 2 aliphatic heterocycles.